The number of H-pyrrole nitrogens is 1. The van der Waals surface area contributed by atoms with Crippen LogP contribution in [0, 0.1) is 19.7 Å². The molecule has 130 valence electrons. The van der Waals surface area contributed by atoms with E-state index in [1.54, 1.807) is 25.1 Å². The highest BCUT2D eigenvalue weighted by molar-refractivity contribution is 5.68. The van der Waals surface area contributed by atoms with E-state index in [9.17, 15) is 9.18 Å². The fourth-order valence-corrected chi connectivity index (χ4v) is 2.75. The minimum Gasteiger partial charge on any atom is -0.325 e. The van der Waals surface area contributed by atoms with Crippen LogP contribution in [0.3, 0.4) is 0 Å². The van der Waals surface area contributed by atoms with Gasteiger partial charge in [0.1, 0.15) is 5.82 Å². The van der Waals surface area contributed by atoms with Crippen molar-refractivity contribution >= 4 is 17.3 Å². The van der Waals surface area contributed by atoms with Crippen LogP contribution in [0.5, 0.6) is 0 Å². The van der Waals surface area contributed by atoms with E-state index in [-0.39, 0.29) is 11.8 Å². The number of benzene rings is 2. The van der Waals surface area contributed by atoms with Crippen LogP contribution in [-0.2, 0) is 0 Å². The van der Waals surface area contributed by atoms with Crippen molar-refractivity contribution in [2.75, 3.05) is 5.32 Å². The summed E-state index contributed by atoms with van der Waals surface area (Å²) in [6, 6.07) is 14.3. The van der Waals surface area contributed by atoms with Gasteiger partial charge in [0, 0.05) is 22.9 Å². The van der Waals surface area contributed by atoms with Gasteiger partial charge in [-0.05, 0) is 26.0 Å². The molecule has 26 heavy (non-hydrogen) atoms. The number of hydrogen-bond acceptors (Lipinski definition) is 4. The van der Waals surface area contributed by atoms with Crippen LogP contribution in [0.25, 0.3) is 16.9 Å². The number of fused-ring (bicyclic) bond motifs is 1. The molecule has 2 aromatic heterocycles. The summed E-state index contributed by atoms with van der Waals surface area (Å²) in [5, 5.41) is 9.51. The van der Waals surface area contributed by atoms with E-state index in [4.69, 9.17) is 0 Å². The van der Waals surface area contributed by atoms with Crippen LogP contribution in [0.15, 0.2) is 53.3 Å². The molecule has 2 heterocycles. The molecule has 0 bridgehead atoms. The van der Waals surface area contributed by atoms with Crippen molar-refractivity contribution in [1.29, 1.82) is 0 Å². The van der Waals surface area contributed by atoms with Gasteiger partial charge in [0.05, 0.1) is 5.69 Å². The average Bonchev–Trinajstić information content (AvgIpc) is 3.01. The smallest absolute Gasteiger partial charge is 0.325 e. The van der Waals surface area contributed by atoms with Gasteiger partial charge in [0.15, 0.2) is 5.65 Å². The Labute approximate surface area is 148 Å². The van der Waals surface area contributed by atoms with Crippen LogP contribution >= 0.6 is 0 Å². The van der Waals surface area contributed by atoms with E-state index in [1.807, 2.05) is 31.2 Å². The fourth-order valence-electron chi connectivity index (χ4n) is 2.75. The van der Waals surface area contributed by atoms with Gasteiger partial charge < -0.3 is 5.32 Å². The molecule has 4 aromatic rings. The molecule has 0 saturated heterocycles. The molecular weight excluding hydrogens is 333 g/mol. The lowest BCUT2D eigenvalue weighted by Crippen LogP contribution is -2.15. The first kappa shape index (κ1) is 16.0. The van der Waals surface area contributed by atoms with Crippen LogP contribution in [0.2, 0.25) is 0 Å². The largest absolute Gasteiger partial charge is 0.350 e. The highest BCUT2D eigenvalue weighted by Crippen LogP contribution is 2.25. The van der Waals surface area contributed by atoms with Crippen molar-refractivity contribution in [1.82, 2.24) is 19.6 Å². The number of aromatic nitrogens is 4. The standard InChI is InChI=1S/C19H16FN5O/c1-11-6-8-13(9-7-11)16-10-17-23-24-19(26)25(17)18(22-16)21-15-5-3-4-14(20)12(15)2/h3-10H,1-2H3,(H,21,22)(H,24,26). The number of anilines is 2. The fraction of sp³-hybridized carbons (Fsp3) is 0.105. The van der Waals surface area contributed by atoms with Crippen molar-refractivity contribution < 1.29 is 4.39 Å². The second-order valence-electron chi connectivity index (χ2n) is 6.09. The zero-order valence-corrected chi connectivity index (χ0v) is 14.2. The molecule has 0 amide bonds. The third kappa shape index (κ3) is 2.73. The molecule has 2 aromatic carbocycles. The minimum atomic E-state index is -0.417. The Bertz CT molecular complexity index is 1160. The van der Waals surface area contributed by atoms with Gasteiger partial charge in [-0.25, -0.2) is 23.7 Å². The zero-order chi connectivity index (χ0) is 18.3. The Morgan fingerprint density at radius 1 is 1.12 bits per heavy atom. The summed E-state index contributed by atoms with van der Waals surface area (Å²) in [6.07, 6.45) is 0. The Kier molecular flexibility index (Phi) is 3.76. The van der Waals surface area contributed by atoms with E-state index in [1.165, 1.54) is 10.5 Å². The molecule has 7 heteroatoms. The maximum absolute atomic E-state index is 13.8. The number of halogens is 1. The Morgan fingerprint density at radius 3 is 2.65 bits per heavy atom. The molecule has 6 nitrogen and oxygen atoms in total. The molecule has 0 fully saturated rings. The maximum atomic E-state index is 13.8. The van der Waals surface area contributed by atoms with Crippen molar-refractivity contribution in [3.63, 3.8) is 0 Å². The van der Waals surface area contributed by atoms with E-state index >= 15 is 0 Å². The van der Waals surface area contributed by atoms with Gasteiger partial charge >= 0.3 is 5.69 Å². The number of nitrogens with zero attached hydrogens (tertiary/aromatic N) is 3. The number of hydrogen-bond donors (Lipinski definition) is 2. The quantitative estimate of drug-likeness (QED) is 0.593. The first-order valence-corrected chi connectivity index (χ1v) is 8.10. The molecule has 0 radical (unpaired) electrons. The molecule has 2 N–H and O–H groups in total. The van der Waals surface area contributed by atoms with Crippen LogP contribution in [-0.4, -0.2) is 19.6 Å². The van der Waals surface area contributed by atoms with Gasteiger partial charge in [-0.1, -0.05) is 35.9 Å². The third-order valence-corrected chi connectivity index (χ3v) is 4.26. The lowest BCUT2D eigenvalue weighted by atomic mass is 10.1. The molecule has 0 atom stereocenters. The number of nitrogens with one attached hydrogen (secondary N) is 2. The molecule has 0 unspecified atom stereocenters. The minimum absolute atomic E-state index is 0.269. The summed E-state index contributed by atoms with van der Waals surface area (Å²) in [5.41, 5.74) is 3.68. The second kappa shape index (κ2) is 6.11. The summed E-state index contributed by atoms with van der Waals surface area (Å²) in [5.74, 6) is -0.0639. The van der Waals surface area contributed by atoms with Gasteiger partial charge in [-0.2, -0.15) is 5.10 Å². The molecule has 4 rings (SSSR count). The normalized spacial score (nSPS) is 11.0. The third-order valence-electron chi connectivity index (χ3n) is 4.26. The second-order valence-corrected chi connectivity index (χ2v) is 6.09. The summed E-state index contributed by atoms with van der Waals surface area (Å²) < 4.78 is 15.2. The topological polar surface area (TPSA) is 75.1 Å². The maximum Gasteiger partial charge on any atom is 0.350 e. The predicted octanol–water partition coefficient (Wildman–Crippen LogP) is 3.58. The Morgan fingerprint density at radius 2 is 1.88 bits per heavy atom. The summed E-state index contributed by atoms with van der Waals surface area (Å²) >= 11 is 0. The van der Waals surface area contributed by atoms with Crippen molar-refractivity contribution in [2.24, 2.45) is 0 Å². The van der Waals surface area contributed by atoms with E-state index in [2.05, 4.69) is 20.5 Å². The SMILES string of the molecule is Cc1ccc(-c2cc3n[nH]c(=O)n3c(Nc3cccc(F)c3C)n2)cc1. The first-order valence-electron chi connectivity index (χ1n) is 8.10. The molecular formula is C19H16FN5O. The van der Waals surface area contributed by atoms with Crippen LogP contribution in [0.4, 0.5) is 16.0 Å². The highest BCUT2D eigenvalue weighted by Gasteiger charge is 2.13. The number of rotatable bonds is 3. The van der Waals surface area contributed by atoms with Crippen LogP contribution < -0.4 is 11.0 Å². The van der Waals surface area contributed by atoms with Crippen LogP contribution in [0.1, 0.15) is 11.1 Å². The Balaban J connectivity index is 1.89. The zero-order valence-electron chi connectivity index (χ0n) is 14.2. The monoisotopic (exact) mass is 349 g/mol. The van der Waals surface area contributed by atoms with Gasteiger partial charge in [0.2, 0.25) is 5.95 Å². The van der Waals surface area contributed by atoms with Crippen molar-refractivity contribution in [2.45, 2.75) is 13.8 Å². The molecule has 0 aliphatic carbocycles. The van der Waals surface area contributed by atoms with Crippen molar-refractivity contribution in [3.05, 3.63) is 76.0 Å². The summed E-state index contributed by atoms with van der Waals surface area (Å²) in [6.45, 7) is 3.67. The van der Waals surface area contributed by atoms with E-state index in [0.29, 0.717) is 22.6 Å². The van der Waals surface area contributed by atoms with E-state index in [0.717, 1.165) is 11.1 Å². The molecule has 0 aliphatic heterocycles. The van der Waals surface area contributed by atoms with Gasteiger partial charge in [-0.3, -0.25) is 0 Å². The Hall–Kier alpha value is -3.48. The number of aromatic amines is 1. The lowest BCUT2D eigenvalue weighted by Gasteiger charge is -2.12. The summed E-state index contributed by atoms with van der Waals surface area (Å²) in [7, 11) is 0. The average molecular weight is 349 g/mol. The molecule has 0 saturated carbocycles. The lowest BCUT2D eigenvalue weighted by molar-refractivity contribution is 0.619. The molecule has 0 spiro atoms. The number of aryl methyl sites for hydroxylation is 1. The van der Waals surface area contributed by atoms with Crippen molar-refractivity contribution in [3.8, 4) is 11.3 Å². The summed E-state index contributed by atoms with van der Waals surface area (Å²) in [4.78, 5) is 16.7. The van der Waals surface area contributed by atoms with Gasteiger partial charge in [0.25, 0.3) is 0 Å². The molecule has 0 aliphatic rings. The predicted molar refractivity (Wildman–Crippen MR) is 98.2 cm³/mol. The van der Waals surface area contributed by atoms with Gasteiger partial charge in [-0.15, -0.1) is 0 Å². The first-order chi connectivity index (χ1) is 12.5. The van der Waals surface area contributed by atoms with E-state index < -0.39 is 5.69 Å². The highest BCUT2D eigenvalue weighted by atomic mass is 19.1.